The maximum atomic E-state index is 11.2. The van der Waals surface area contributed by atoms with Crippen LogP contribution in [0, 0.1) is 0 Å². The van der Waals surface area contributed by atoms with Crippen molar-refractivity contribution in [1.29, 1.82) is 0 Å². The average molecular weight is 251 g/mol. The lowest BCUT2D eigenvalue weighted by Gasteiger charge is -2.03. The van der Waals surface area contributed by atoms with Crippen molar-refractivity contribution >= 4 is 15.7 Å². The van der Waals surface area contributed by atoms with Gasteiger partial charge in [0.2, 0.25) is 0 Å². The largest absolute Gasteiger partial charge is 0.384 e. The van der Waals surface area contributed by atoms with E-state index in [0.29, 0.717) is 5.82 Å². The molecular weight excluding hydrogens is 238 g/mol. The molecule has 1 aromatic carbocycles. The van der Waals surface area contributed by atoms with Crippen molar-refractivity contribution in [2.24, 2.45) is 0 Å². The molecule has 2 aromatic rings. The summed E-state index contributed by atoms with van der Waals surface area (Å²) in [6.07, 6.45) is 2.83. The zero-order valence-electron chi connectivity index (χ0n) is 9.34. The van der Waals surface area contributed by atoms with Crippen molar-refractivity contribution in [3.63, 3.8) is 0 Å². The summed E-state index contributed by atoms with van der Waals surface area (Å²) in [5.74, 6) is 0.500. The second-order valence-electron chi connectivity index (χ2n) is 3.97. The summed E-state index contributed by atoms with van der Waals surface area (Å²) >= 11 is 0. The highest BCUT2D eigenvalue weighted by Crippen LogP contribution is 2.24. The number of nitrogens with zero attached hydrogens (tertiary/aromatic N) is 1. The predicted molar refractivity (Wildman–Crippen MR) is 67.0 cm³/mol. The molecule has 0 aliphatic rings. The molecule has 0 fully saturated rings. The van der Waals surface area contributed by atoms with E-state index in [-0.39, 0.29) is 5.75 Å². The first-order valence-electron chi connectivity index (χ1n) is 5.01. The van der Waals surface area contributed by atoms with E-state index >= 15 is 0 Å². The molecule has 0 bridgehead atoms. The van der Waals surface area contributed by atoms with E-state index in [4.69, 9.17) is 5.73 Å². The number of anilines is 1. The highest BCUT2D eigenvalue weighted by molar-refractivity contribution is 7.89. The molecule has 0 aliphatic heterocycles. The first-order chi connectivity index (χ1) is 7.96. The third kappa shape index (κ3) is 2.85. The average Bonchev–Trinajstić information content (AvgIpc) is 2.62. The van der Waals surface area contributed by atoms with Crippen molar-refractivity contribution in [3.05, 3.63) is 36.0 Å². The van der Waals surface area contributed by atoms with Crippen LogP contribution in [0.2, 0.25) is 0 Å². The molecule has 0 saturated carbocycles. The predicted octanol–water partition coefficient (Wildman–Crippen LogP) is 1.20. The summed E-state index contributed by atoms with van der Waals surface area (Å²) in [5, 5.41) is 6.48. The normalized spacial score (nSPS) is 11.6. The number of nitrogen functional groups attached to an aromatic ring is 1. The molecule has 17 heavy (non-hydrogen) atoms. The fourth-order valence-corrected chi connectivity index (χ4v) is 2.44. The minimum Gasteiger partial charge on any atom is -0.384 e. The van der Waals surface area contributed by atoms with E-state index in [9.17, 15) is 8.42 Å². The molecule has 3 N–H and O–H groups in total. The Hall–Kier alpha value is -1.82. The minimum absolute atomic E-state index is 0.0264. The monoisotopic (exact) mass is 251 g/mol. The van der Waals surface area contributed by atoms with Gasteiger partial charge in [-0.1, -0.05) is 18.2 Å². The number of aromatic nitrogens is 2. The zero-order valence-corrected chi connectivity index (χ0v) is 10.2. The number of H-pyrrole nitrogens is 1. The summed E-state index contributed by atoms with van der Waals surface area (Å²) in [6.45, 7) is 0. The molecule has 0 saturated heterocycles. The second kappa shape index (κ2) is 4.21. The molecule has 0 spiro atoms. The number of rotatable bonds is 3. The number of hydrogen-bond donors (Lipinski definition) is 2. The van der Waals surface area contributed by atoms with Gasteiger partial charge in [-0.15, -0.1) is 0 Å². The molecule has 5 nitrogen and oxygen atoms in total. The van der Waals surface area contributed by atoms with E-state index in [1.165, 1.54) is 6.26 Å². The Labute approximate surface area is 99.6 Å². The summed E-state index contributed by atoms with van der Waals surface area (Å²) in [6, 6.07) is 7.26. The molecule has 1 heterocycles. The third-order valence-corrected chi connectivity index (χ3v) is 3.19. The first-order valence-corrected chi connectivity index (χ1v) is 7.07. The van der Waals surface area contributed by atoms with Crippen molar-refractivity contribution < 1.29 is 8.42 Å². The van der Waals surface area contributed by atoms with Crippen molar-refractivity contribution in [3.8, 4) is 11.1 Å². The topological polar surface area (TPSA) is 88.8 Å². The van der Waals surface area contributed by atoms with E-state index < -0.39 is 9.84 Å². The van der Waals surface area contributed by atoms with Crippen LogP contribution in [0.1, 0.15) is 5.56 Å². The lowest BCUT2D eigenvalue weighted by atomic mass is 10.1. The van der Waals surface area contributed by atoms with Crippen LogP contribution in [0.3, 0.4) is 0 Å². The zero-order chi connectivity index (χ0) is 12.5. The van der Waals surface area contributed by atoms with Crippen LogP contribution < -0.4 is 5.73 Å². The van der Waals surface area contributed by atoms with Crippen LogP contribution in [0.15, 0.2) is 30.5 Å². The van der Waals surface area contributed by atoms with Crippen LogP contribution in [-0.4, -0.2) is 24.9 Å². The second-order valence-corrected chi connectivity index (χ2v) is 6.11. The van der Waals surface area contributed by atoms with Crippen LogP contribution in [0.25, 0.3) is 11.1 Å². The quantitative estimate of drug-likeness (QED) is 0.858. The Morgan fingerprint density at radius 3 is 2.76 bits per heavy atom. The lowest BCUT2D eigenvalue weighted by Crippen LogP contribution is -2.00. The molecule has 2 rings (SSSR count). The molecular formula is C11H13N3O2S. The van der Waals surface area contributed by atoms with E-state index in [1.54, 1.807) is 12.3 Å². The van der Waals surface area contributed by atoms with Gasteiger partial charge < -0.3 is 5.73 Å². The van der Waals surface area contributed by atoms with Gasteiger partial charge in [-0.3, -0.25) is 5.10 Å². The van der Waals surface area contributed by atoms with E-state index in [1.807, 2.05) is 18.2 Å². The molecule has 0 amide bonds. The molecule has 0 atom stereocenters. The molecule has 0 radical (unpaired) electrons. The Morgan fingerprint density at radius 1 is 1.41 bits per heavy atom. The molecule has 6 heteroatoms. The van der Waals surface area contributed by atoms with Crippen molar-refractivity contribution in [2.45, 2.75) is 5.75 Å². The number of aromatic amines is 1. The maximum Gasteiger partial charge on any atom is 0.151 e. The maximum absolute atomic E-state index is 11.2. The van der Waals surface area contributed by atoms with Gasteiger partial charge in [0.05, 0.1) is 11.9 Å². The summed E-state index contributed by atoms with van der Waals surface area (Å²) < 4.78 is 22.4. The lowest BCUT2D eigenvalue weighted by molar-refractivity contribution is 0.601. The summed E-state index contributed by atoms with van der Waals surface area (Å²) in [5.41, 5.74) is 8.09. The van der Waals surface area contributed by atoms with Crippen LogP contribution >= 0.6 is 0 Å². The SMILES string of the molecule is CS(=O)(=O)Cc1cccc(-c2cn[nH]c2N)c1. The molecule has 90 valence electrons. The Balaban J connectivity index is 2.39. The first kappa shape index (κ1) is 11.7. The minimum atomic E-state index is -3.03. The van der Waals surface area contributed by atoms with E-state index in [2.05, 4.69) is 10.2 Å². The highest BCUT2D eigenvalue weighted by atomic mass is 32.2. The molecule has 0 aliphatic carbocycles. The Kier molecular flexibility index (Phi) is 2.89. The van der Waals surface area contributed by atoms with Gasteiger partial charge in [-0.2, -0.15) is 5.10 Å². The third-order valence-electron chi connectivity index (χ3n) is 2.34. The Bertz CT molecular complexity index is 632. The summed E-state index contributed by atoms with van der Waals surface area (Å²) in [7, 11) is -3.03. The summed E-state index contributed by atoms with van der Waals surface area (Å²) in [4.78, 5) is 0. The van der Waals surface area contributed by atoms with Gasteiger partial charge in [0.15, 0.2) is 9.84 Å². The van der Waals surface area contributed by atoms with Gasteiger partial charge in [-0.25, -0.2) is 8.42 Å². The standard InChI is InChI=1S/C11H13N3O2S/c1-17(15,16)7-8-3-2-4-9(5-8)10-6-13-14-11(10)12/h2-6H,7H2,1H3,(H3,12,13,14). The van der Waals surface area contributed by atoms with Gasteiger partial charge in [-0.05, 0) is 17.2 Å². The number of nitrogens with two attached hydrogens (primary N) is 1. The van der Waals surface area contributed by atoms with Crippen LogP contribution in [0.4, 0.5) is 5.82 Å². The Morgan fingerprint density at radius 2 is 2.18 bits per heavy atom. The number of hydrogen-bond acceptors (Lipinski definition) is 4. The van der Waals surface area contributed by atoms with Gasteiger partial charge >= 0.3 is 0 Å². The van der Waals surface area contributed by atoms with Crippen LogP contribution in [-0.2, 0) is 15.6 Å². The van der Waals surface area contributed by atoms with Gasteiger partial charge in [0.25, 0.3) is 0 Å². The molecule has 0 unspecified atom stereocenters. The van der Waals surface area contributed by atoms with Gasteiger partial charge in [0, 0.05) is 11.8 Å². The highest BCUT2D eigenvalue weighted by Gasteiger charge is 2.08. The van der Waals surface area contributed by atoms with Crippen molar-refractivity contribution in [2.75, 3.05) is 12.0 Å². The smallest absolute Gasteiger partial charge is 0.151 e. The number of nitrogens with one attached hydrogen (secondary N) is 1. The number of benzene rings is 1. The van der Waals surface area contributed by atoms with Crippen LogP contribution in [0.5, 0.6) is 0 Å². The fraction of sp³-hybridized carbons (Fsp3) is 0.182. The number of sulfone groups is 1. The van der Waals surface area contributed by atoms with E-state index in [0.717, 1.165) is 16.7 Å². The van der Waals surface area contributed by atoms with Crippen molar-refractivity contribution in [1.82, 2.24) is 10.2 Å². The van der Waals surface area contributed by atoms with Gasteiger partial charge in [0.1, 0.15) is 5.82 Å². The molecule has 1 aromatic heterocycles. The fourth-order valence-electron chi connectivity index (χ4n) is 1.66.